The minimum Gasteiger partial charge on any atom is -0.387 e. The second-order valence-electron chi connectivity index (χ2n) is 9.72. The Balaban J connectivity index is 1.19. The first kappa shape index (κ1) is 29.8. The van der Waals surface area contributed by atoms with Crippen LogP contribution in [0.25, 0.3) is 0 Å². The molecule has 3 aromatic rings. The van der Waals surface area contributed by atoms with Crippen molar-refractivity contribution in [1.82, 2.24) is 19.7 Å². The van der Waals surface area contributed by atoms with Crippen LogP contribution in [-0.4, -0.2) is 44.4 Å². The third-order valence-corrected chi connectivity index (χ3v) is 7.95. The van der Waals surface area contributed by atoms with Crippen LogP contribution in [0, 0.1) is 0 Å². The molecule has 0 spiro atoms. The second-order valence-corrected chi connectivity index (χ2v) is 10.6. The van der Waals surface area contributed by atoms with E-state index in [1.807, 2.05) is 0 Å². The number of likely N-dealkylation sites (tertiary alicyclic amines) is 1. The highest BCUT2D eigenvalue weighted by Crippen LogP contribution is 2.40. The van der Waals surface area contributed by atoms with Crippen LogP contribution in [0.4, 0.5) is 39.5 Å². The van der Waals surface area contributed by atoms with Gasteiger partial charge in [0.1, 0.15) is 18.0 Å². The Bertz CT molecular complexity index is 1480. The summed E-state index contributed by atoms with van der Waals surface area (Å²) in [6, 6.07) is 4.94. The van der Waals surface area contributed by atoms with Gasteiger partial charge in [-0.1, -0.05) is 23.4 Å². The van der Waals surface area contributed by atoms with Crippen molar-refractivity contribution < 1.29 is 49.1 Å². The SMILES string of the molecule is O=C(Cn1nc(C(F)(F)F)cc1C(F)(F)F)N1CCC(c2nc(C3=NOC(c4ccccc4C(F)(F)F)C3)cs2)CC1. The molecule has 226 valence electrons. The Kier molecular flexibility index (Phi) is 7.74. The number of benzene rings is 1. The van der Waals surface area contributed by atoms with Crippen molar-refractivity contribution in [3.8, 4) is 0 Å². The minimum absolute atomic E-state index is 0.0229. The lowest BCUT2D eigenvalue weighted by atomic mass is 9.97. The number of rotatable bonds is 5. The zero-order valence-electron chi connectivity index (χ0n) is 21.2. The van der Waals surface area contributed by atoms with Crippen LogP contribution >= 0.6 is 11.3 Å². The van der Waals surface area contributed by atoms with Crippen LogP contribution in [0.2, 0.25) is 0 Å². The molecule has 1 atom stereocenters. The molecule has 42 heavy (non-hydrogen) atoms. The minimum atomic E-state index is -5.14. The Labute approximate surface area is 235 Å². The Morgan fingerprint density at radius 1 is 0.976 bits per heavy atom. The summed E-state index contributed by atoms with van der Waals surface area (Å²) in [4.78, 5) is 23.8. The van der Waals surface area contributed by atoms with Gasteiger partial charge in [-0.05, 0) is 18.9 Å². The number of alkyl halides is 9. The number of hydrogen-bond donors (Lipinski definition) is 0. The van der Waals surface area contributed by atoms with Gasteiger partial charge < -0.3 is 9.74 Å². The summed E-state index contributed by atoms with van der Waals surface area (Å²) >= 11 is 1.29. The van der Waals surface area contributed by atoms with Gasteiger partial charge in [0.2, 0.25) is 5.91 Å². The Morgan fingerprint density at radius 2 is 1.67 bits per heavy atom. The summed E-state index contributed by atoms with van der Waals surface area (Å²) in [6.45, 7) is -0.740. The summed E-state index contributed by atoms with van der Waals surface area (Å²) in [6.07, 6.45) is -14.9. The maximum Gasteiger partial charge on any atom is 0.435 e. The van der Waals surface area contributed by atoms with Crippen molar-refractivity contribution in [2.24, 2.45) is 5.16 Å². The van der Waals surface area contributed by atoms with Crippen molar-refractivity contribution in [2.75, 3.05) is 13.1 Å². The third kappa shape index (κ3) is 6.24. The van der Waals surface area contributed by atoms with Gasteiger partial charge in [0.05, 0.1) is 16.3 Å². The Morgan fingerprint density at radius 3 is 2.31 bits per heavy atom. The molecule has 0 saturated carbocycles. The number of aromatic nitrogens is 3. The number of nitrogens with zero attached hydrogens (tertiary/aromatic N) is 5. The maximum absolute atomic E-state index is 13.4. The molecule has 2 aromatic heterocycles. The molecule has 17 heteroatoms. The van der Waals surface area contributed by atoms with E-state index in [0.717, 1.165) is 6.07 Å². The summed E-state index contributed by atoms with van der Waals surface area (Å²) in [5.41, 5.74) is -3.44. The first-order valence-electron chi connectivity index (χ1n) is 12.5. The van der Waals surface area contributed by atoms with Gasteiger partial charge >= 0.3 is 18.5 Å². The molecule has 0 N–H and O–H groups in total. The van der Waals surface area contributed by atoms with E-state index in [9.17, 15) is 44.3 Å². The zero-order chi connectivity index (χ0) is 30.4. The van der Waals surface area contributed by atoms with Gasteiger partial charge in [-0.3, -0.25) is 9.48 Å². The predicted molar refractivity (Wildman–Crippen MR) is 129 cm³/mol. The molecule has 1 aromatic carbocycles. The molecule has 1 amide bonds. The molecule has 0 bridgehead atoms. The predicted octanol–water partition coefficient (Wildman–Crippen LogP) is 6.67. The van der Waals surface area contributed by atoms with Crippen molar-refractivity contribution in [2.45, 2.75) is 56.4 Å². The zero-order valence-corrected chi connectivity index (χ0v) is 22.0. The highest BCUT2D eigenvalue weighted by atomic mass is 32.1. The normalized spacial score (nSPS) is 18.7. The molecule has 0 radical (unpaired) electrons. The van der Waals surface area contributed by atoms with E-state index in [4.69, 9.17) is 4.84 Å². The summed E-state index contributed by atoms with van der Waals surface area (Å²) in [7, 11) is 0. The summed E-state index contributed by atoms with van der Waals surface area (Å²) in [5, 5.41) is 9.29. The largest absolute Gasteiger partial charge is 0.435 e. The first-order chi connectivity index (χ1) is 19.6. The average Bonchev–Trinajstić information content (AvgIpc) is 3.67. The average molecular weight is 626 g/mol. The lowest BCUT2D eigenvalue weighted by Crippen LogP contribution is -2.40. The maximum atomic E-state index is 13.4. The number of thiazole rings is 1. The van der Waals surface area contributed by atoms with Crippen LogP contribution < -0.4 is 0 Å². The number of amides is 1. The van der Waals surface area contributed by atoms with Crippen molar-refractivity contribution in [1.29, 1.82) is 0 Å². The van der Waals surface area contributed by atoms with Crippen LogP contribution in [0.15, 0.2) is 40.9 Å². The molecular weight excluding hydrogens is 605 g/mol. The smallest absolute Gasteiger partial charge is 0.387 e. The molecule has 1 saturated heterocycles. The topological polar surface area (TPSA) is 72.6 Å². The van der Waals surface area contributed by atoms with Gasteiger partial charge in [0.15, 0.2) is 11.8 Å². The highest BCUT2D eigenvalue weighted by Gasteiger charge is 2.43. The lowest BCUT2D eigenvalue weighted by molar-refractivity contribution is -0.146. The molecule has 1 unspecified atom stereocenters. The van der Waals surface area contributed by atoms with Crippen LogP contribution in [-0.2, 0) is 34.7 Å². The fourth-order valence-corrected chi connectivity index (χ4v) is 5.85. The van der Waals surface area contributed by atoms with Gasteiger partial charge in [-0.2, -0.15) is 44.6 Å². The van der Waals surface area contributed by atoms with Crippen molar-refractivity contribution >= 4 is 23.0 Å². The van der Waals surface area contributed by atoms with Gasteiger partial charge in [0.25, 0.3) is 0 Å². The van der Waals surface area contributed by atoms with Gasteiger partial charge in [-0.15, -0.1) is 11.3 Å². The van der Waals surface area contributed by atoms with E-state index < -0.39 is 54.0 Å². The number of carbonyl (C=O) groups is 1. The number of oxime groups is 1. The van der Waals surface area contributed by atoms with Crippen LogP contribution in [0.1, 0.15) is 64.5 Å². The quantitative estimate of drug-likeness (QED) is 0.297. The van der Waals surface area contributed by atoms with Crippen LogP contribution in [0.5, 0.6) is 0 Å². The highest BCUT2D eigenvalue weighted by molar-refractivity contribution is 7.10. The van der Waals surface area contributed by atoms with Gasteiger partial charge in [-0.25, -0.2) is 4.98 Å². The monoisotopic (exact) mass is 625 g/mol. The van der Waals surface area contributed by atoms with Gasteiger partial charge in [0, 0.05) is 42.4 Å². The first-order valence-corrected chi connectivity index (χ1v) is 13.3. The molecule has 5 rings (SSSR count). The summed E-state index contributed by atoms with van der Waals surface area (Å²) in [5.74, 6) is -0.928. The molecule has 2 aliphatic heterocycles. The molecule has 0 aliphatic carbocycles. The van der Waals surface area contributed by atoms with E-state index >= 15 is 0 Å². The third-order valence-electron chi connectivity index (χ3n) is 6.94. The molecule has 1 fully saturated rings. The van der Waals surface area contributed by atoms with Crippen molar-refractivity contribution in [3.63, 3.8) is 0 Å². The molecule has 2 aliphatic rings. The standard InChI is InChI=1S/C25H20F9N5O2S/c26-23(27,28)15-4-2-1-3-14(15)18-9-16(37-41-18)17-12-42-22(35-17)13-5-7-38(8-6-13)21(40)11-39-20(25(32,33)34)10-19(36-39)24(29,30)31/h1-4,10,12-13,18H,5-9,11H2. The molecular formula is C25H20F9N5O2S. The number of piperidine rings is 1. The fourth-order valence-electron chi connectivity index (χ4n) is 4.85. The van der Waals surface area contributed by atoms with E-state index in [-0.39, 0.29) is 41.7 Å². The van der Waals surface area contributed by atoms with E-state index in [1.54, 1.807) is 5.38 Å². The summed E-state index contributed by atoms with van der Waals surface area (Å²) < 4.78 is 119. The van der Waals surface area contributed by atoms with E-state index in [2.05, 4.69) is 15.2 Å². The van der Waals surface area contributed by atoms with E-state index in [0.29, 0.717) is 29.3 Å². The molecule has 4 heterocycles. The fraction of sp³-hybridized carbons (Fsp3) is 0.440. The molecule has 7 nitrogen and oxygen atoms in total. The Hall–Kier alpha value is -3.63. The van der Waals surface area contributed by atoms with Crippen LogP contribution in [0.3, 0.4) is 0 Å². The number of hydrogen-bond acceptors (Lipinski definition) is 6. The lowest BCUT2D eigenvalue weighted by Gasteiger charge is -2.31. The van der Waals surface area contributed by atoms with E-state index in [1.165, 1.54) is 34.4 Å². The van der Waals surface area contributed by atoms with Crippen molar-refractivity contribution in [3.05, 3.63) is 68.9 Å². The number of carbonyl (C=O) groups excluding carboxylic acids is 1. The number of halogens is 9. The second kappa shape index (κ2) is 10.9.